The average Bonchev–Trinajstić information content (AvgIpc) is 2.93. The van der Waals surface area contributed by atoms with Crippen molar-refractivity contribution >= 4 is 5.78 Å². The molecule has 0 spiro atoms. The van der Waals surface area contributed by atoms with E-state index >= 15 is 0 Å². The number of Topliss-reactive ketones (excluding diaryl/α,β-unsaturated/α-hetero) is 1. The molecule has 0 bridgehead atoms. The Morgan fingerprint density at radius 3 is 2.60 bits per heavy atom. The van der Waals surface area contributed by atoms with Crippen LogP contribution < -0.4 is 5.32 Å². The summed E-state index contributed by atoms with van der Waals surface area (Å²) in [6.45, 7) is 7.73. The second-order valence-electron chi connectivity index (χ2n) is 5.22. The lowest BCUT2D eigenvalue weighted by atomic mass is 9.93. The molecule has 1 N–H and O–H groups in total. The molecule has 5 atom stereocenters. The molecule has 1 aliphatic heterocycles. The smallest absolute Gasteiger partial charge is 0.140 e. The first-order chi connectivity index (χ1) is 7.09. The number of hydrogen-bond acceptors (Lipinski definition) is 3. The first-order valence-electron chi connectivity index (χ1n) is 5.97. The fourth-order valence-corrected chi connectivity index (χ4v) is 2.38. The molecule has 2 fully saturated rings. The standard InChI is InChI=1S/C12H21NO2/c1-7-4-10(7)12(14)9(3)11-6-15-5-8(2)13-11/h7-11,13H,4-6H2,1-3H3. The van der Waals surface area contributed by atoms with Crippen molar-refractivity contribution in [2.45, 2.75) is 39.3 Å². The van der Waals surface area contributed by atoms with Crippen LogP contribution in [0.5, 0.6) is 0 Å². The molecule has 0 amide bonds. The predicted octanol–water partition coefficient (Wildman–Crippen LogP) is 1.22. The molecule has 0 aromatic carbocycles. The summed E-state index contributed by atoms with van der Waals surface area (Å²) in [5.74, 6) is 1.47. The largest absolute Gasteiger partial charge is 0.378 e. The van der Waals surface area contributed by atoms with E-state index in [2.05, 4.69) is 19.2 Å². The number of hydrogen-bond donors (Lipinski definition) is 1. The van der Waals surface area contributed by atoms with Gasteiger partial charge in [-0.15, -0.1) is 0 Å². The number of ketones is 1. The van der Waals surface area contributed by atoms with Crippen LogP contribution >= 0.6 is 0 Å². The van der Waals surface area contributed by atoms with Crippen LogP contribution in [0.3, 0.4) is 0 Å². The molecular weight excluding hydrogens is 190 g/mol. The van der Waals surface area contributed by atoms with E-state index in [1.807, 2.05) is 6.92 Å². The number of carbonyl (C=O) groups is 1. The summed E-state index contributed by atoms with van der Waals surface area (Å²) in [4.78, 5) is 12.0. The summed E-state index contributed by atoms with van der Waals surface area (Å²) in [6.07, 6.45) is 1.09. The minimum atomic E-state index is 0.0997. The highest BCUT2D eigenvalue weighted by atomic mass is 16.5. The van der Waals surface area contributed by atoms with Crippen molar-refractivity contribution in [2.24, 2.45) is 17.8 Å². The summed E-state index contributed by atoms with van der Waals surface area (Å²) in [5, 5.41) is 3.45. The van der Waals surface area contributed by atoms with E-state index in [9.17, 15) is 4.79 Å². The van der Waals surface area contributed by atoms with E-state index < -0.39 is 0 Å². The Hall–Kier alpha value is -0.410. The summed E-state index contributed by atoms with van der Waals surface area (Å²) in [7, 11) is 0. The molecule has 1 saturated heterocycles. The molecule has 1 aliphatic carbocycles. The number of morpholine rings is 1. The normalized spacial score (nSPS) is 42.3. The number of ether oxygens (including phenoxy) is 1. The SMILES string of the molecule is CC1COCC(C(C)C(=O)C2CC2C)N1. The summed E-state index contributed by atoms with van der Waals surface area (Å²) in [6, 6.07) is 0.588. The van der Waals surface area contributed by atoms with Gasteiger partial charge in [0.25, 0.3) is 0 Å². The van der Waals surface area contributed by atoms with Crippen molar-refractivity contribution in [1.29, 1.82) is 0 Å². The Morgan fingerprint density at radius 1 is 1.40 bits per heavy atom. The minimum Gasteiger partial charge on any atom is -0.378 e. The molecule has 0 aromatic rings. The van der Waals surface area contributed by atoms with Gasteiger partial charge in [-0.05, 0) is 19.3 Å². The van der Waals surface area contributed by atoms with Gasteiger partial charge in [-0.2, -0.15) is 0 Å². The second-order valence-corrected chi connectivity index (χ2v) is 5.22. The van der Waals surface area contributed by atoms with Crippen molar-refractivity contribution < 1.29 is 9.53 Å². The monoisotopic (exact) mass is 211 g/mol. The molecule has 3 nitrogen and oxygen atoms in total. The van der Waals surface area contributed by atoms with Gasteiger partial charge in [0.05, 0.1) is 13.2 Å². The quantitative estimate of drug-likeness (QED) is 0.763. The van der Waals surface area contributed by atoms with Crippen molar-refractivity contribution in [3.63, 3.8) is 0 Å². The topological polar surface area (TPSA) is 38.3 Å². The first kappa shape index (κ1) is 11.1. The Kier molecular flexibility index (Phi) is 3.12. The van der Waals surface area contributed by atoms with Crippen LogP contribution in [0.2, 0.25) is 0 Å². The second kappa shape index (κ2) is 4.22. The maximum Gasteiger partial charge on any atom is 0.140 e. The van der Waals surface area contributed by atoms with Gasteiger partial charge in [-0.3, -0.25) is 4.79 Å². The molecule has 86 valence electrons. The highest BCUT2D eigenvalue weighted by Crippen LogP contribution is 2.40. The van der Waals surface area contributed by atoms with Crippen LogP contribution in [0.4, 0.5) is 0 Å². The first-order valence-corrected chi connectivity index (χ1v) is 5.97. The molecule has 2 aliphatic rings. The van der Waals surface area contributed by atoms with E-state index in [0.717, 1.165) is 13.0 Å². The van der Waals surface area contributed by atoms with Gasteiger partial charge in [0, 0.05) is 23.9 Å². The molecule has 15 heavy (non-hydrogen) atoms. The van der Waals surface area contributed by atoms with Crippen molar-refractivity contribution in [3.8, 4) is 0 Å². The van der Waals surface area contributed by atoms with Gasteiger partial charge in [-0.1, -0.05) is 13.8 Å². The predicted molar refractivity (Wildman–Crippen MR) is 58.6 cm³/mol. The van der Waals surface area contributed by atoms with Crippen LogP contribution in [-0.2, 0) is 9.53 Å². The number of rotatable bonds is 3. The Labute approximate surface area is 91.6 Å². The Morgan fingerprint density at radius 2 is 2.07 bits per heavy atom. The molecule has 2 rings (SSSR count). The van der Waals surface area contributed by atoms with E-state index in [1.54, 1.807) is 0 Å². The third-order valence-electron chi connectivity index (χ3n) is 3.69. The third-order valence-corrected chi connectivity index (χ3v) is 3.69. The Balaban J connectivity index is 1.89. The lowest BCUT2D eigenvalue weighted by Gasteiger charge is -2.32. The fraction of sp³-hybridized carbons (Fsp3) is 0.917. The van der Waals surface area contributed by atoms with Gasteiger partial charge in [-0.25, -0.2) is 0 Å². The van der Waals surface area contributed by atoms with E-state index in [4.69, 9.17) is 4.74 Å². The third kappa shape index (κ3) is 2.40. The summed E-state index contributed by atoms with van der Waals surface area (Å²) < 4.78 is 5.48. The minimum absolute atomic E-state index is 0.0997. The zero-order chi connectivity index (χ0) is 11.0. The highest BCUT2D eigenvalue weighted by Gasteiger charge is 2.43. The molecule has 1 saturated carbocycles. The van der Waals surface area contributed by atoms with Crippen LogP contribution in [0.1, 0.15) is 27.2 Å². The zero-order valence-corrected chi connectivity index (χ0v) is 9.82. The number of nitrogens with one attached hydrogen (secondary N) is 1. The van der Waals surface area contributed by atoms with Crippen molar-refractivity contribution in [2.75, 3.05) is 13.2 Å². The highest BCUT2D eigenvalue weighted by molar-refractivity contribution is 5.86. The van der Waals surface area contributed by atoms with Gasteiger partial charge in [0.1, 0.15) is 5.78 Å². The van der Waals surface area contributed by atoms with Crippen LogP contribution in [0.15, 0.2) is 0 Å². The van der Waals surface area contributed by atoms with E-state index in [1.165, 1.54) is 0 Å². The van der Waals surface area contributed by atoms with Crippen LogP contribution in [-0.4, -0.2) is 31.1 Å². The van der Waals surface area contributed by atoms with Gasteiger partial charge >= 0.3 is 0 Å². The molecule has 5 unspecified atom stereocenters. The zero-order valence-electron chi connectivity index (χ0n) is 9.82. The maximum atomic E-state index is 12.0. The maximum absolute atomic E-state index is 12.0. The summed E-state index contributed by atoms with van der Waals surface area (Å²) >= 11 is 0. The summed E-state index contributed by atoms with van der Waals surface area (Å²) in [5.41, 5.74) is 0. The van der Waals surface area contributed by atoms with Gasteiger partial charge in [0.15, 0.2) is 0 Å². The van der Waals surface area contributed by atoms with Crippen LogP contribution in [0.25, 0.3) is 0 Å². The molecule has 3 heteroatoms. The van der Waals surface area contributed by atoms with Gasteiger partial charge in [0.2, 0.25) is 0 Å². The molecular formula is C12H21NO2. The lowest BCUT2D eigenvalue weighted by molar-refractivity contribution is -0.126. The van der Waals surface area contributed by atoms with E-state index in [0.29, 0.717) is 30.3 Å². The fourth-order valence-electron chi connectivity index (χ4n) is 2.38. The van der Waals surface area contributed by atoms with Crippen LogP contribution in [0, 0.1) is 17.8 Å². The molecule has 0 aromatic heterocycles. The molecule has 1 heterocycles. The van der Waals surface area contributed by atoms with Gasteiger partial charge < -0.3 is 10.1 Å². The number of carbonyl (C=O) groups excluding carboxylic acids is 1. The average molecular weight is 211 g/mol. The van der Waals surface area contributed by atoms with E-state index in [-0.39, 0.29) is 12.0 Å². The Bertz CT molecular complexity index is 254. The molecule has 0 radical (unpaired) electrons. The van der Waals surface area contributed by atoms with Crippen molar-refractivity contribution in [1.82, 2.24) is 5.32 Å². The van der Waals surface area contributed by atoms with Crippen molar-refractivity contribution in [3.05, 3.63) is 0 Å². The lowest BCUT2D eigenvalue weighted by Crippen LogP contribution is -2.52.